The number of hydrogen-bond acceptors (Lipinski definition) is 6. The number of hydrazone groups is 1. The Balaban J connectivity index is 1.55. The zero-order valence-electron chi connectivity index (χ0n) is 17.6. The normalized spacial score (nSPS) is 10.7. The van der Waals surface area contributed by atoms with Crippen molar-refractivity contribution in [3.8, 4) is 23.1 Å². The molecule has 0 fully saturated rings. The van der Waals surface area contributed by atoms with Crippen molar-refractivity contribution >= 4 is 23.8 Å². The summed E-state index contributed by atoms with van der Waals surface area (Å²) in [6, 6.07) is 22.0. The van der Waals surface area contributed by atoms with E-state index in [0.29, 0.717) is 16.1 Å². The molecule has 168 valence electrons. The molecular weight excluding hydrogens is 457 g/mol. The van der Waals surface area contributed by atoms with Crippen molar-refractivity contribution in [2.24, 2.45) is 5.10 Å². The van der Waals surface area contributed by atoms with Crippen molar-refractivity contribution in [2.45, 2.75) is 6.61 Å². The standard InChI is InChI=1S/C25H17ClFN5O2/c26-19-8-4-5-16(11-19)15-34-22-12-20(27)10-9-18(22)14-29-32-25-30-23(17-6-2-1-3-7-17)21(13-28)24(33)31-25/h1-12,14H,15H2,(H2,30,31,32,33). The summed E-state index contributed by atoms with van der Waals surface area (Å²) in [5.41, 5.74) is 4.12. The molecule has 0 saturated carbocycles. The van der Waals surface area contributed by atoms with Crippen LogP contribution < -0.4 is 15.7 Å². The maximum absolute atomic E-state index is 13.8. The number of benzene rings is 3. The minimum atomic E-state index is -0.596. The minimum Gasteiger partial charge on any atom is -0.488 e. The second kappa shape index (κ2) is 10.4. The first-order valence-electron chi connectivity index (χ1n) is 10.1. The highest BCUT2D eigenvalue weighted by atomic mass is 35.5. The van der Waals surface area contributed by atoms with Gasteiger partial charge in [-0.2, -0.15) is 10.4 Å². The van der Waals surface area contributed by atoms with Crippen molar-refractivity contribution in [3.05, 3.63) is 111 Å². The van der Waals surface area contributed by atoms with E-state index in [2.05, 4.69) is 20.5 Å². The zero-order chi connectivity index (χ0) is 23.9. The van der Waals surface area contributed by atoms with Crippen LogP contribution in [-0.4, -0.2) is 16.2 Å². The van der Waals surface area contributed by atoms with Crippen molar-refractivity contribution < 1.29 is 9.13 Å². The Bertz CT molecular complexity index is 1450. The van der Waals surface area contributed by atoms with E-state index >= 15 is 0 Å². The third kappa shape index (κ3) is 5.46. The van der Waals surface area contributed by atoms with Crippen LogP contribution in [0.1, 0.15) is 16.7 Å². The largest absolute Gasteiger partial charge is 0.488 e. The molecule has 4 aromatic rings. The van der Waals surface area contributed by atoms with E-state index in [1.807, 2.05) is 18.2 Å². The van der Waals surface area contributed by atoms with Crippen LogP contribution in [0.4, 0.5) is 10.3 Å². The zero-order valence-corrected chi connectivity index (χ0v) is 18.4. The molecule has 4 rings (SSSR count). The molecule has 9 heteroatoms. The van der Waals surface area contributed by atoms with Gasteiger partial charge in [-0.25, -0.2) is 14.8 Å². The van der Waals surface area contributed by atoms with Crippen LogP contribution >= 0.6 is 11.6 Å². The third-order valence-corrected chi connectivity index (χ3v) is 4.95. The van der Waals surface area contributed by atoms with E-state index in [-0.39, 0.29) is 29.6 Å². The van der Waals surface area contributed by atoms with Crippen molar-refractivity contribution in [2.75, 3.05) is 5.43 Å². The highest BCUT2D eigenvalue weighted by Gasteiger charge is 2.13. The predicted octanol–water partition coefficient (Wildman–Crippen LogP) is 5.13. The molecule has 34 heavy (non-hydrogen) atoms. The highest BCUT2D eigenvalue weighted by molar-refractivity contribution is 6.30. The van der Waals surface area contributed by atoms with Gasteiger partial charge in [0.15, 0.2) is 0 Å². The minimum absolute atomic E-state index is 0.0441. The number of aromatic nitrogens is 2. The number of anilines is 1. The van der Waals surface area contributed by atoms with Crippen molar-refractivity contribution in [1.82, 2.24) is 9.97 Å². The molecule has 1 aromatic heterocycles. The summed E-state index contributed by atoms with van der Waals surface area (Å²) in [6.07, 6.45) is 1.41. The molecular formula is C25H17ClFN5O2. The number of nitriles is 1. The molecule has 0 radical (unpaired) electrons. The fraction of sp³-hybridized carbons (Fsp3) is 0.0400. The topological polar surface area (TPSA) is 103 Å². The predicted molar refractivity (Wildman–Crippen MR) is 128 cm³/mol. The van der Waals surface area contributed by atoms with Gasteiger partial charge in [0.25, 0.3) is 5.56 Å². The van der Waals surface area contributed by atoms with Crippen LogP contribution in [0.3, 0.4) is 0 Å². The summed E-state index contributed by atoms with van der Waals surface area (Å²) >= 11 is 6.00. The molecule has 0 bridgehead atoms. The molecule has 3 aromatic carbocycles. The van der Waals surface area contributed by atoms with Gasteiger partial charge in [0.1, 0.15) is 29.8 Å². The fourth-order valence-corrected chi connectivity index (χ4v) is 3.34. The lowest BCUT2D eigenvalue weighted by atomic mass is 10.1. The van der Waals surface area contributed by atoms with Gasteiger partial charge >= 0.3 is 0 Å². The Morgan fingerprint density at radius 1 is 1.15 bits per heavy atom. The Morgan fingerprint density at radius 3 is 2.74 bits per heavy atom. The lowest BCUT2D eigenvalue weighted by Crippen LogP contribution is -2.16. The number of hydrogen-bond donors (Lipinski definition) is 2. The second-order valence-electron chi connectivity index (χ2n) is 7.09. The Labute approximate surface area is 199 Å². The van der Waals surface area contributed by atoms with Gasteiger partial charge in [-0.3, -0.25) is 9.78 Å². The highest BCUT2D eigenvalue weighted by Crippen LogP contribution is 2.22. The summed E-state index contributed by atoms with van der Waals surface area (Å²) in [7, 11) is 0. The summed E-state index contributed by atoms with van der Waals surface area (Å²) in [6.45, 7) is 0.184. The summed E-state index contributed by atoms with van der Waals surface area (Å²) in [4.78, 5) is 19.2. The molecule has 0 spiro atoms. The van der Waals surface area contributed by atoms with E-state index in [1.54, 1.807) is 42.5 Å². The number of nitrogens with zero attached hydrogens (tertiary/aromatic N) is 3. The van der Waals surface area contributed by atoms with Crippen LogP contribution in [0.5, 0.6) is 5.75 Å². The molecule has 7 nitrogen and oxygen atoms in total. The van der Waals surface area contributed by atoms with E-state index < -0.39 is 11.4 Å². The molecule has 2 N–H and O–H groups in total. The monoisotopic (exact) mass is 473 g/mol. The molecule has 0 saturated heterocycles. The second-order valence-corrected chi connectivity index (χ2v) is 7.52. The van der Waals surface area contributed by atoms with Crippen LogP contribution in [0, 0.1) is 17.1 Å². The van der Waals surface area contributed by atoms with E-state index in [0.717, 1.165) is 5.56 Å². The molecule has 0 unspecified atom stereocenters. The van der Waals surface area contributed by atoms with E-state index in [1.165, 1.54) is 24.4 Å². The van der Waals surface area contributed by atoms with Crippen LogP contribution in [0.2, 0.25) is 5.02 Å². The number of aromatic amines is 1. The van der Waals surface area contributed by atoms with Gasteiger partial charge in [0, 0.05) is 22.2 Å². The van der Waals surface area contributed by atoms with Gasteiger partial charge in [0.2, 0.25) is 5.95 Å². The smallest absolute Gasteiger partial charge is 0.270 e. The van der Waals surface area contributed by atoms with Gasteiger partial charge in [-0.05, 0) is 29.8 Å². The average molecular weight is 474 g/mol. The van der Waals surface area contributed by atoms with Gasteiger partial charge < -0.3 is 4.74 Å². The van der Waals surface area contributed by atoms with Crippen LogP contribution in [-0.2, 0) is 6.61 Å². The molecule has 0 aliphatic heterocycles. The van der Waals surface area contributed by atoms with Crippen molar-refractivity contribution in [3.63, 3.8) is 0 Å². The van der Waals surface area contributed by atoms with Gasteiger partial charge in [-0.1, -0.05) is 54.1 Å². The maximum atomic E-state index is 13.8. The molecule has 1 heterocycles. The fourth-order valence-electron chi connectivity index (χ4n) is 3.13. The summed E-state index contributed by atoms with van der Waals surface area (Å²) < 4.78 is 19.6. The lowest BCUT2D eigenvalue weighted by molar-refractivity contribution is 0.304. The average Bonchev–Trinajstić information content (AvgIpc) is 2.84. The number of H-pyrrole nitrogens is 1. The number of halogens is 2. The van der Waals surface area contributed by atoms with E-state index in [4.69, 9.17) is 16.3 Å². The first kappa shape index (κ1) is 22.7. The maximum Gasteiger partial charge on any atom is 0.270 e. The van der Waals surface area contributed by atoms with Crippen LogP contribution in [0.15, 0.2) is 82.7 Å². The molecule has 0 amide bonds. The van der Waals surface area contributed by atoms with Crippen LogP contribution in [0.25, 0.3) is 11.3 Å². The quantitative estimate of drug-likeness (QED) is 0.286. The number of rotatable bonds is 7. The molecule has 0 aliphatic carbocycles. The van der Waals surface area contributed by atoms with E-state index in [9.17, 15) is 14.4 Å². The van der Waals surface area contributed by atoms with Gasteiger partial charge in [-0.15, -0.1) is 0 Å². The first-order valence-corrected chi connectivity index (χ1v) is 10.5. The SMILES string of the molecule is N#Cc1c(-c2ccccc2)nc(NN=Cc2ccc(F)cc2OCc2cccc(Cl)c2)[nH]c1=O. The molecule has 0 aliphatic rings. The van der Waals surface area contributed by atoms with Crippen molar-refractivity contribution in [1.29, 1.82) is 5.26 Å². The number of nitrogens with one attached hydrogen (secondary N) is 2. The summed E-state index contributed by atoms with van der Waals surface area (Å²) in [5.74, 6) is -0.142. The first-order chi connectivity index (χ1) is 16.5. The Hall–Kier alpha value is -4.48. The third-order valence-electron chi connectivity index (χ3n) is 4.71. The number of ether oxygens (including phenoxy) is 1. The molecule has 0 atom stereocenters. The lowest BCUT2D eigenvalue weighted by Gasteiger charge is -2.10. The Morgan fingerprint density at radius 2 is 1.97 bits per heavy atom. The Kier molecular flexibility index (Phi) is 6.96. The summed E-state index contributed by atoms with van der Waals surface area (Å²) in [5, 5.41) is 14.0. The van der Waals surface area contributed by atoms with Gasteiger partial charge in [0.05, 0.1) is 11.9 Å².